The van der Waals surface area contributed by atoms with E-state index in [9.17, 15) is 4.79 Å². The highest BCUT2D eigenvalue weighted by Crippen LogP contribution is 2.27. The number of nitrogens with zero attached hydrogens (tertiary/aromatic N) is 3. The molecule has 0 fully saturated rings. The van der Waals surface area contributed by atoms with Crippen molar-refractivity contribution in [2.45, 2.75) is 6.92 Å². The van der Waals surface area contributed by atoms with Gasteiger partial charge in [0.1, 0.15) is 0 Å². The van der Waals surface area contributed by atoms with Crippen molar-refractivity contribution >= 4 is 17.5 Å². The van der Waals surface area contributed by atoms with E-state index >= 15 is 0 Å². The predicted molar refractivity (Wildman–Crippen MR) is 114 cm³/mol. The summed E-state index contributed by atoms with van der Waals surface area (Å²) in [4.78, 5) is 24.3. The van der Waals surface area contributed by atoms with Crippen LogP contribution in [0.1, 0.15) is 15.9 Å². The van der Waals surface area contributed by atoms with E-state index in [1.54, 1.807) is 30.7 Å². The molecule has 3 N–H and O–H groups in total. The molecule has 0 bridgehead atoms. The molecule has 4 aromatic rings. The van der Waals surface area contributed by atoms with Gasteiger partial charge in [-0.1, -0.05) is 18.2 Å². The summed E-state index contributed by atoms with van der Waals surface area (Å²) in [6.07, 6.45) is 5.23. The molecule has 2 aromatic heterocycles. The summed E-state index contributed by atoms with van der Waals surface area (Å²) in [6, 6.07) is 19.0. The molecule has 6 heteroatoms. The van der Waals surface area contributed by atoms with Crippen molar-refractivity contribution in [3.63, 3.8) is 0 Å². The minimum Gasteiger partial charge on any atom is -0.366 e. The number of benzene rings is 2. The third kappa shape index (κ3) is 4.11. The number of primary amides is 1. The number of rotatable bonds is 5. The van der Waals surface area contributed by atoms with E-state index in [2.05, 4.69) is 20.3 Å². The Morgan fingerprint density at radius 3 is 2.48 bits per heavy atom. The molecule has 142 valence electrons. The number of nitrogens with one attached hydrogen (secondary N) is 1. The molecule has 0 spiro atoms. The molecule has 0 unspecified atom stereocenters. The van der Waals surface area contributed by atoms with Crippen LogP contribution < -0.4 is 11.1 Å². The van der Waals surface area contributed by atoms with Crippen molar-refractivity contribution in [3.8, 4) is 22.4 Å². The van der Waals surface area contributed by atoms with Gasteiger partial charge in [-0.3, -0.25) is 9.78 Å². The maximum atomic E-state index is 11.2. The molecule has 2 aromatic carbocycles. The summed E-state index contributed by atoms with van der Waals surface area (Å²) in [5.74, 6) is 0.0886. The zero-order valence-electron chi connectivity index (χ0n) is 15.8. The Kier molecular flexibility index (Phi) is 4.99. The molecular formula is C23H19N5O. The van der Waals surface area contributed by atoms with E-state index in [1.807, 2.05) is 55.5 Å². The zero-order valence-corrected chi connectivity index (χ0v) is 15.8. The summed E-state index contributed by atoms with van der Waals surface area (Å²) in [5, 5.41) is 3.25. The van der Waals surface area contributed by atoms with Gasteiger partial charge in [-0.05, 0) is 66.1 Å². The van der Waals surface area contributed by atoms with Crippen LogP contribution in [0.2, 0.25) is 0 Å². The van der Waals surface area contributed by atoms with Gasteiger partial charge in [0.15, 0.2) is 0 Å². The molecule has 2 heterocycles. The first-order valence-corrected chi connectivity index (χ1v) is 9.11. The number of hydrogen-bond acceptors (Lipinski definition) is 5. The first-order chi connectivity index (χ1) is 14.1. The summed E-state index contributed by atoms with van der Waals surface area (Å²) in [6.45, 7) is 2.04. The van der Waals surface area contributed by atoms with Gasteiger partial charge in [-0.15, -0.1) is 0 Å². The second kappa shape index (κ2) is 7.90. The van der Waals surface area contributed by atoms with Crippen LogP contribution in [-0.2, 0) is 0 Å². The van der Waals surface area contributed by atoms with Gasteiger partial charge in [0, 0.05) is 35.4 Å². The molecule has 0 atom stereocenters. The van der Waals surface area contributed by atoms with Crippen molar-refractivity contribution in [2.75, 3.05) is 5.32 Å². The lowest BCUT2D eigenvalue weighted by Gasteiger charge is -2.11. The second-order valence-corrected chi connectivity index (χ2v) is 6.60. The number of nitrogens with two attached hydrogens (primary N) is 1. The van der Waals surface area contributed by atoms with Gasteiger partial charge in [0.05, 0.1) is 5.69 Å². The van der Waals surface area contributed by atoms with Crippen LogP contribution in [0.5, 0.6) is 0 Å². The van der Waals surface area contributed by atoms with Crippen LogP contribution in [0, 0.1) is 6.92 Å². The van der Waals surface area contributed by atoms with E-state index in [4.69, 9.17) is 5.73 Å². The lowest BCUT2D eigenvalue weighted by atomic mass is 9.99. The number of carbonyl (C=O) groups is 1. The van der Waals surface area contributed by atoms with Crippen molar-refractivity contribution in [1.82, 2.24) is 15.0 Å². The fraction of sp³-hybridized carbons (Fsp3) is 0.0435. The third-order valence-electron chi connectivity index (χ3n) is 4.58. The Morgan fingerprint density at radius 1 is 0.966 bits per heavy atom. The van der Waals surface area contributed by atoms with E-state index in [-0.39, 0.29) is 0 Å². The molecule has 0 aliphatic rings. The first-order valence-electron chi connectivity index (χ1n) is 9.11. The Bertz CT molecular complexity index is 1160. The van der Waals surface area contributed by atoms with Crippen LogP contribution in [0.25, 0.3) is 22.4 Å². The molecule has 0 saturated carbocycles. The number of amides is 1. The molecule has 1 amide bonds. The summed E-state index contributed by atoms with van der Waals surface area (Å²) in [5.41, 5.74) is 11.6. The third-order valence-corrected chi connectivity index (χ3v) is 4.58. The van der Waals surface area contributed by atoms with E-state index in [1.165, 1.54) is 0 Å². The lowest BCUT2D eigenvalue weighted by molar-refractivity contribution is 0.100. The molecule has 0 radical (unpaired) electrons. The number of anilines is 2. The number of carbonyl (C=O) groups excluding carboxylic acids is 1. The zero-order chi connectivity index (χ0) is 20.2. The Hall–Kier alpha value is -4.06. The van der Waals surface area contributed by atoms with E-state index in [0.29, 0.717) is 11.5 Å². The average Bonchev–Trinajstić information content (AvgIpc) is 2.75. The highest BCUT2D eigenvalue weighted by atomic mass is 16.1. The second-order valence-electron chi connectivity index (χ2n) is 6.60. The molecular weight excluding hydrogens is 362 g/mol. The SMILES string of the molecule is Cc1cc(Nc2nccc(-c3cccnc3)n2)ccc1-c1ccc(C(N)=O)cc1. The summed E-state index contributed by atoms with van der Waals surface area (Å²) >= 11 is 0. The Labute approximate surface area is 168 Å². The quantitative estimate of drug-likeness (QED) is 0.536. The van der Waals surface area contributed by atoms with Crippen LogP contribution in [0.3, 0.4) is 0 Å². The van der Waals surface area contributed by atoms with E-state index < -0.39 is 5.91 Å². The topological polar surface area (TPSA) is 93.8 Å². The highest BCUT2D eigenvalue weighted by Gasteiger charge is 2.07. The average molecular weight is 381 g/mol. The molecule has 4 rings (SSSR count). The van der Waals surface area contributed by atoms with Gasteiger partial charge in [0.25, 0.3) is 0 Å². The fourth-order valence-corrected chi connectivity index (χ4v) is 3.10. The van der Waals surface area contributed by atoms with Gasteiger partial charge < -0.3 is 11.1 Å². The molecule has 0 saturated heterocycles. The molecule has 0 aliphatic carbocycles. The van der Waals surface area contributed by atoms with E-state index in [0.717, 1.165) is 33.6 Å². The fourth-order valence-electron chi connectivity index (χ4n) is 3.10. The van der Waals surface area contributed by atoms with Gasteiger partial charge in [0.2, 0.25) is 11.9 Å². The first kappa shape index (κ1) is 18.3. The van der Waals surface area contributed by atoms with Crippen LogP contribution in [0.15, 0.2) is 79.3 Å². The number of aryl methyl sites for hydroxylation is 1. The standard InChI is InChI=1S/C23H19N5O/c1-15-13-19(8-9-20(15)16-4-6-17(7-5-16)22(24)29)27-23-26-12-10-21(28-23)18-3-2-11-25-14-18/h2-14H,1H3,(H2,24,29)(H,26,27,28). The smallest absolute Gasteiger partial charge is 0.248 e. The van der Waals surface area contributed by atoms with Crippen molar-refractivity contribution < 1.29 is 4.79 Å². The number of pyridine rings is 1. The summed E-state index contributed by atoms with van der Waals surface area (Å²) < 4.78 is 0. The maximum absolute atomic E-state index is 11.2. The lowest BCUT2D eigenvalue weighted by Crippen LogP contribution is -2.10. The van der Waals surface area contributed by atoms with Gasteiger partial charge in [-0.25, -0.2) is 9.97 Å². The van der Waals surface area contributed by atoms with Gasteiger partial charge >= 0.3 is 0 Å². The summed E-state index contributed by atoms with van der Waals surface area (Å²) in [7, 11) is 0. The highest BCUT2D eigenvalue weighted by molar-refractivity contribution is 5.93. The largest absolute Gasteiger partial charge is 0.366 e. The normalized spacial score (nSPS) is 10.5. The van der Waals surface area contributed by atoms with Crippen LogP contribution >= 0.6 is 0 Å². The maximum Gasteiger partial charge on any atom is 0.248 e. The molecule has 6 nitrogen and oxygen atoms in total. The molecule has 29 heavy (non-hydrogen) atoms. The molecule has 0 aliphatic heterocycles. The number of aromatic nitrogens is 3. The minimum atomic E-state index is -0.429. The van der Waals surface area contributed by atoms with Crippen molar-refractivity contribution in [1.29, 1.82) is 0 Å². The van der Waals surface area contributed by atoms with Gasteiger partial charge in [-0.2, -0.15) is 0 Å². The van der Waals surface area contributed by atoms with Crippen LogP contribution in [-0.4, -0.2) is 20.9 Å². The minimum absolute atomic E-state index is 0.429. The van der Waals surface area contributed by atoms with Crippen molar-refractivity contribution in [2.24, 2.45) is 5.73 Å². The predicted octanol–water partition coefficient (Wildman–Crippen LogP) is 4.36. The van der Waals surface area contributed by atoms with Crippen LogP contribution in [0.4, 0.5) is 11.6 Å². The monoisotopic (exact) mass is 381 g/mol. The Balaban J connectivity index is 1.56. The Morgan fingerprint density at radius 2 is 1.79 bits per heavy atom. The van der Waals surface area contributed by atoms with Crippen molar-refractivity contribution in [3.05, 3.63) is 90.4 Å². The number of hydrogen-bond donors (Lipinski definition) is 2.